The molecule has 0 fully saturated rings. The SMILES string of the molecule is CNC(CCC(C)(C)N)c1ccc2oc(C)nc2c1. The molecule has 19 heavy (non-hydrogen) atoms. The van der Waals surface area contributed by atoms with E-state index in [0.717, 1.165) is 23.9 Å². The van der Waals surface area contributed by atoms with Crippen molar-refractivity contribution in [1.82, 2.24) is 10.3 Å². The third-order valence-electron chi connectivity index (χ3n) is 3.35. The normalized spacial score (nSPS) is 13.9. The molecular weight excluding hydrogens is 238 g/mol. The van der Waals surface area contributed by atoms with Crippen LogP contribution in [0.1, 0.15) is 44.2 Å². The van der Waals surface area contributed by atoms with Crippen LogP contribution in [0.2, 0.25) is 0 Å². The Hall–Kier alpha value is -1.39. The van der Waals surface area contributed by atoms with Crippen LogP contribution in [0.5, 0.6) is 0 Å². The van der Waals surface area contributed by atoms with Gasteiger partial charge in [0, 0.05) is 18.5 Å². The Morgan fingerprint density at radius 2 is 2.16 bits per heavy atom. The van der Waals surface area contributed by atoms with Gasteiger partial charge in [-0.1, -0.05) is 6.07 Å². The fourth-order valence-corrected chi connectivity index (χ4v) is 2.27. The number of nitrogens with zero attached hydrogens (tertiary/aromatic N) is 1. The van der Waals surface area contributed by atoms with Crippen molar-refractivity contribution >= 4 is 11.1 Å². The van der Waals surface area contributed by atoms with Gasteiger partial charge in [-0.05, 0) is 51.4 Å². The second kappa shape index (κ2) is 5.31. The van der Waals surface area contributed by atoms with E-state index >= 15 is 0 Å². The number of fused-ring (bicyclic) bond motifs is 1. The van der Waals surface area contributed by atoms with Gasteiger partial charge in [0.25, 0.3) is 0 Å². The molecule has 4 heteroatoms. The zero-order valence-electron chi connectivity index (χ0n) is 12.2. The topological polar surface area (TPSA) is 64.1 Å². The molecule has 0 aliphatic rings. The molecule has 2 aromatic rings. The maximum absolute atomic E-state index is 6.06. The first-order valence-electron chi connectivity index (χ1n) is 6.72. The molecular formula is C15H23N3O. The Morgan fingerprint density at radius 3 is 2.79 bits per heavy atom. The predicted octanol–water partition coefficient (Wildman–Crippen LogP) is 2.91. The number of nitrogens with two attached hydrogens (primary N) is 1. The number of aryl methyl sites for hydroxylation is 1. The Kier molecular flexibility index (Phi) is 3.92. The van der Waals surface area contributed by atoms with Gasteiger partial charge in [-0.25, -0.2) is 4.98 Å². The third-order valence-corrected chi connectivity index (χ3v) is 3.35. The smallest absolute Gasteiger partial charge is 0.192 e. The van der Waals surface area contributed by atoms with E-state index < -0.39 is 0 Å². The molecule has 0 saturated carbocycles. The van der Waals surface area contributed by atoms with E-state index in [1.54, 1.807) is 0 Å². The van der Waals surface area contributed by atoms with E-state index in [-0.39, 0.29) is 5.54 Å². The first kappa shape index (κ1) is 14.0. The minimum atomic E-state index is -0.135. The summed E-state index contributed by atoms with van der Waals surface area (Å²) in [5, 5.41) is 3.35. The van der Waals surface area contributed by atoms with Gasteiger partial charge in [-0.2, -0.15) is 0 Å². The number of hydrogen-bond acceptors (Lipinski definition) is 4. The molecule has 1 aromatic carbocycles. The zero-order valence-corrected chi connectivity index (χ0v) is 12.2. The van der Waals surface area contributed by atoms with Crippen LogP contribution in [0.25, 0.3) is 11.1 Å². The summed E-state index contributed by atoms with van der Waals surface area (Å²) in [6.07, 6.45) is 1.97. The summed E-state index contributed by atoms with van der Waals surface area (Å²) < 4.78 is 5.50. The van der Waals surface area contributed by atoms with Crippen molar-refractivity contribution in [2.75, 3.05) is 7.05 Å². The highest BCUT2D eigenvalue weighted by Gasteiger charge is 2.16. The van der Waals surface area contributed by atoms with Gasteiger partial charge in [0.2, 0.25) is 0 Å². The molecule has 0 aliphatic heterocycles. The Bertz CT molecular complexity index is 554. The number of rotatable bonds is 5. The third kappa shape index (κ3) is 3.55. The molecule has 0 spiro atoms. The van der Waals surface area contributed by atoms with Crippen molar-refractivity contribution in [3.8, 4) is 0 Å². The van der Waals surface area contributed by atoms with Crippen LogP contribution in [0.15, 0.2) is 22.6 Å². The molecule has 104 valence electrons. The summed E-state index contributed by atoms with van der Waals surface area (Å²) in [5.41, 5.74) is 8.91. The molecule has 0 bridgehead atoms. The number of benzene rings is 1. The van der Waals surface area contributed by atoms with E-state index in [9.17, 15) is 0 Å². The van der Waals surface area contributed by atoms with Gasteiger partial charge in [0.05, 0.1) is 0 Å². The fourth-order valence-electron chi connectivity index (χ4n) is 2.27. The summed E-state index contributed by atoms with van der Waals surface area (Å²) in [6.45, 7) is 5.99. The molecule has 0 amide bonds. The number of hydrogen-bond donors (Lipinski definition) is 2. The maximum atomic E-state index is 6.06. The second-order valence-electron chi connectivity index (χ2n) is 5.83. The molecule has 0 saturated heterocycles. The highest BCUT2D eigenvalue weighted by molar-refractivity contribution is 5.73. The van der Waals surface area contributed by atoms with Crippen LogP contribution < -0.4 is 11.1 Å². The first-order chi connectivity index (χ1) is 8.89. The lowest BCUT2D eigenvalue weighted by atomic mass is 9.93. The Labute approximate surface area is 114 Å². The van der Waals surface area contributed by atoms with Crippen LogP contribution >= 0.6 is 0 Å². The summed E-state index contributed by atoms with van der Waals surface area (Å²) >= 11 is 0. The largest absolute Gasteiger partial charge is 0.441 e. The van der Waals surface area contributed by atoms with Crippen LogP contribution in [0, 0.1) is 6.92 Å². The number of oxazole rings is 1. The first-order valence-corrected chi connectivity index (χ1v) is 6.72. The van der Waals surface area contributed by atoms with E-state index in [2.05, 4.69) is 36.3 Å². The molecule has 3 N–H and O–H groups in total. The minimum absolute atomic E-state index is 0.135. The highest BCUT2D eigenvalue weighted by atomic mass is 16.3. The van der Waals surface area contributed by atoms with Gasteiger partial charge in [-0.15, -0.1) is 0 Å². The number of nitrogens with one attached hydrogen (secondary N) is 1. The number of aromatic nitrogens is 1. The highest BCUT2D eigenvalue weighted by Crippen LogP contribution is 2.25. The van der Waals surface area contributed by atoms with E-state index in [1.807, 2.05) is 20.0 Å². The fraction of sp³-hybridized carbons (Fsp3) is 0.533. The molecule has 1 atom stereocenters. The van der Waals surface area contributed by atoms with Gasteiger partial charge >= 0.3 is 0 Å². The van der Waals surface area contributed by atoms with Crippen LogP contribution in [-0.2, 0) is 0 Å². The summed E-state index contributed by atoms with van der Waals surface area (Å²) in [7, 11) is 1.98. The van der Waals surface area contributed by atoms with Gasteiger partial charge in [-0.3, -0.25) is 0 Å². The summed E-state index contributed by atoms with van der Waals surface area (Å²) in [5.74, 6) is 0.705. The van der Waals surface area contributed by atoms with Crippen LogP contribution in [-0.4, -0.2) is 17.6 Å². The lowest BCUT2D eigenvalue weighted by molar-refractivity contribution is 0.411. The van der Waals surface area contributed by atoms with Crippen molar-refractivity contribution in [3.05, 3.63) is 29.7 Å². The average molecular weight is 261 g/mol. The lowest BCUT2D eigenvalue weighted by Crippen LogP contribution is -2.33. The standard InChI is InChI=1S/C15H23N3O/c1-10-18-13-9-11(5-6-14(13)19-10)12(17-4)7-8-15(2,3)16/h5-6,9,12,17H,7-8,16H2,1-4H3. The molecule has 1 aromatic heterocycles. The summed E-state index contributed by atoms with van der Waals surface area (Å²) in [6, 6.07) is 6.47. The maximum Gasteiger partial charge on any atom is 0.192 e. The van der Waals surface area contributed by atoms with Crippen molar-refractivity contribution in [3.63, 3.8) is 0 Å². The molecule has 2 rings (SSSR count). The van der Waals surface area contributed by atoms with Crippen molar-refractivity contribution < 1.29 is 4.42 Å². The van der Waals surface area contributed by atoms with E-state index in [0.29, 0.717) is 11.9 Å². The molecule has 0 aliphatic carbocycles. The van der Waals surface area contributed by atoms with Crippen molar-refractivity contribution in [2.45, 2.75) is 45.2 Å². The summed E-state index contributed by atoms with van der Waals surface area (Å²) in [4.78, 5) is 4.38. The van der Waals surface area contributed by atoms with Crippen LogP contribution in [0.4, 0.5) is 0 Å². The average Bonchev–Trinajstić information content (AvgIpc) is 2.67. The van der Waals surface area contributed by atoms with E-state index in [1.165, 1.54) is 5.56 Å². The quantitative estimate of drug-likeness (QED) is 0.868. The van der Waals surface area contributed by atoms with Gasteiger partial charge in [0.1, 0.15) is 5.52 Å². The predicted molar refractivity (Wildman–Crippen MR) is 78.0 cm³/mol. The Morgan fingerprint density at radius 1 is 1.42 bits per heavy atom. The van der Waals surface area contributed by atoms with Gasteiger partial charge in [0.15, 0.2) is 11.5 Å². The molecule has 1 unspecified atom stereocenters. The monoisotopic (exact) mass is 261 g/mol. The van der Waals surface area contributed by atoms with Crippen molar-refractivity contribution in [1.29, 1.82) is 0 Å². The van der Waals surface area contributed by atoms with Crippen molar-refractivity contribution in [2.24, 2.45) is 5.73 Å². The Balaban J connectivity index is 2.20. The van der Waals surface area contributed by atoms with Crippen LogP contribution in [0.3, 0.4) is 0 Å². The zero-order chi connectivity index (χ0) is 14.0. The molecule has 4 nitrogen and oxygen atoms in total. The molecule has 1 heterocycles. The second-order valence-corrected chi connectivity index (χ2v) is 5.83. The minimum Gasteiger partial charge on any atom is -0.441 e. The molecule has 0 radical (unpaired) electrons. The van der Waals surface area contributed by atoms with E-state index in [4.69, 9.17) is 10.2 Å². The lowest BCUT2D eigenvalue weighted by Gasteiger charge is -2.23. The van der Waals surface area contributed by atoms with Gasteiger partial charge < -0.3 is 15.5 Å².